The van der Waals surface area contributed by atoms with E-state index in [0.29, 0.717) is 17.5 Å². The van der Waals surface area contributed by atoms with Gasteiger partial charge in [-0.15, -0.1) is 0 Å². The van der Waals surface area contributed by atoms with Crippen molar-refractivity contribution in [2.75, 3.05) is 6.61 Å². The van der Waals surface area contributed by atoms with Crippen LogP contribution >= 0.6 is 0 Å². The van der Waals surface area contributed by atoms with Gasteiger partial charge in [-0.1, -0.05) is 13.0 Å². The van der Waals surface area contributed by atoms with Crippen LogP contribution in [0.5, 0.6) is 0 Å². The first-order chi connectivity index (χ1) is 11.4. The molecule has 0 bridgehead atoms. The number of hydrogen-bond acceptors (Lipinski definition) is 7. The summed E-state index contributed by atoms with van der Waals surface area (Å²) in [4.78, 5) is 23.8. The van der Waals surface area contributed by atoms with Gasteiger partial charge in [-0.2, -0.15) is 0 Å². The molecule has 1 saturated heterocycles. The number of benzene rings is 1. The number of nitrogens with one attached hydrogen (secondary N) is 1. The summed E-state index contributed by atoms with van der Waals surface area (Å²) in [5, 5.41) is 41.6. The molecule has 0 aromatic heterocycles. The number of rotatable bonds is 3. The molecule has 2 aliphatic rings. The zero-order chi connectivity index (χ0) is 17.6. The highest BCUT2D eigenvalue weighted by molar-refractivity contribution is 6.22. The van der Waals surface area contributed by atoms with E-state index in [2.05, 4.69) is 5.32 Å². The topological polar surface area (TPSA) is 136 Å². The number of imide groups is 1. The fraction of sp³-hybridized carbons (Fsp3) is 0.500. The summed E-state index contributed by atoms with van der Waals surface area (Å²) in [6, 6.07) is 3.02. The highest BCUT2D eigenvalue weighted by Gasteiger charge is 2.45. The summed E-state index contributed by atoms with van der Waals surface area (Å²) in [5.41, 5.74) is 1.46. The Morgan fingerprint density at radius 1 is 1.08 bits per heavy atom. The molecule has 5 atom stereocenters. The molecule has 130 valence electrons. The number of carbonyl (C=O) groups excluding carboxylic acids is 2. The van der Waals surface area contributed by atoms with Crippen molar-refractivity contribution in [1.82, 2.24) is 5.32 Å². The second-order valence-corrected chi connectivity index (χ2v) is 5.94. The van der Waals surface area contributed by atoms with Gasteiger partial charge in [-0.05, 0) is 23.6 Å². The van der Waals surface area contributed by atoms with E-state index >= 15 is 0 Å². The van der Waals surface area contributed by atoms with E-state index in [9.17, 15) is 30.0 Å². The molecular formula is C16H19NO7. The number of aliphatic hydroxyl groups is 4. The van der Waals surface area contributed by atoms with Crippen molar-refractivity contribution in [3.05, 3.63) is 34.4 Å². The number of carbonyl (C=O) groups is 2. The average molecular weight is 337 g/mol. The lowest BCUT2D eigenvalue weighted by Crippen LogP contribution is -2.55. The third kappa shape index (κ3) is 2.43. The van der Waals surface area contributed by atoms with Gasteiger partial charge >= 0.3 is 0 Å². The molecule has 1 aromatic carbocycles. The Morgan fingerprint density at radius 2 is 1.79 bits per heavy atom. The largest absolute Gasteiger partial charge is 0.394 e. The van der Waals surface area contributed by atoms with Gasteiger partial charge in [0.15, 0.2) is 0 Å². The Hall–Kier alpha value is -1.84. The molecule has 1 unspecified atom stereocenters. The predicted octanol–water partition coefficient (Wildman–Crippen LogP) is -1.35. The third-order valence-electron chi connectivity index (χ3n) is 4.60. The van der Waals surface area contributed by atoms with Gasteiger partial charge in [-0.3, -0.25) is 14.9 Å². The summed E-state index contributed by atoms with van der Waals surface area (Å²) in [6.45, 7) is 1.26. The van der Waals surface area contributed by atoms with Gasteiger partial charge in [0, 0.05) is 0 Å². The van der Waals surface area contributed by atoms with Crippen molar-refractivity contribution in [3.63, 3.8) is 0 Å². The van der Waals surface area contributed by atoms with Crippen LogP contribution in [-0.2, 0) is 11.2 Å². The standard InChI is InChI=1S/C16H19NO7/c1-2-6-7(3-4-8-10(6)16(23)17-15(8)22)14-13(21)12(20)11(19)9(5-18)24-14/h3-4,9,11-14,18-21H,2,5H2,1H3,(H,17,22,23)/t9-,11+,12+,13-,14?/m1/s1. The van der Waals surface area contributed by atoms with Crippen LogP contribution in [0, 0.1) is 0 Å². The van der Waals surface area contributed by atoms with E-state index in [1.54, 1.807) is 13.0 Å². The normalized spacial score (nSPS) is 32.6. The molecule has 1 fully saturated rings. The van der Waals surface area contributed by atoms with Crippen molar-refractivity contribution in [2.24, 2.45) is 0 Å². The van der Waals surface area contributed by atoms with Crippen molar-refractivity contribution >= 4 is 11.8 Å². The van der Waals surface area contributed by atoms with E-state index in [1.165, 1.54) is 6.07 Å². The van der Waals surface area contributed by atoms with Crippen LogP contribution in [0.15, 0.2) is 12.1 Å². The van der Waals surface area contributed by atoms with Crippen molar-refractivity contribution < 1.29 is 34.8 Å². The third-order valence-corrected chi connectivity index (χ3v) is 4.60. The first-order valence-corrected chi connectivity index (χ1v) is 7.72. The highest BCUT2D eigenvalue weighted by Crippen LogP contribution is 2.36. The molecule has 0 aliphatic carbocycles. The quantitative estimate of drug-likeness (QED) is 0.430. The van der Waals surface area contributed by atoms with Gasteiger partial charge in [0.25, 0.3) is 11.8 Å². The average Bonchev–Trinajstić information content (AvgIpc) is 2.87. The second-order valence-electron chi connectivity index (χ2n) is 5.94. The van der Waals surface area contributed by atoms with Crippen molar-refractivity contribution in [1.29, 1.82) is 0 Å². The Labute approximate surface area is 137 Å². The molecule has 5 N–H and O–H groups in total. The zero-order valence-corrected chi connectivity index (χ0v) is 13.0. The highest BCUT2D eigenvalue weighted by atomic mass is 16.5. The number of hydrogen-bond donors (Lipinski definition) is 5. The van der Waals surface area contributed by atoms with Crippen LogP contribution in [0.4, 0.5) is 0 Å². The Kier molecular flexibility index (Phi) is 4.41. The fourth-order valence-electron chi connectivity index (χ4n) is 3.35. The van der Waals surface area contributed by atoms with Crippen LogP contribution < -0.4 is 5.32 Å². The maximum absolute atomic E-state index is 12.0. The van der Waals surface area contributed by atoms with Crippen LogP contribution in [-0.4, -0.2) is 63.3 Å². The lowest BCUT2D eigenvalue weighted by molar-refractivity contribution is -0.231. The molecule has 1 aromatic rings. The monoisotopic (exact) mass is 337 g/mol. The van der Waals surface area contributed by atoms with Crippen LogP contribution in [0.2, 0.25) is 0 Å². The molecule has 0 spiro atoms. The van der Waals surface area contributed by atoms with E-state index < -0.39 is 48.9 Å². The van der Waals surface area contributed by atoms with E-state index in [0.717, 1.165) is 0 Å². The molecular weight excluding hydrogens is 318 g/mol. The van der Waals surface area contributed by atoms with Crippen LogP contribution in [0.1, 0.15) is 44.9 Å². The molecule has 0 radical (unpaired) electrons. The lowest BCUT2D eigenvalue weighted by Gasteiger charge is -2.41. The minimum absolute atomic E-state index is 0.233. The Morgan fingerprint density at radius 3 is 2.42 bits per heavy atom. The number of amides is 2. The minimum Gasteiger partial charge on any atom is -0.394 e. The SMILES string of the molecule is CCc1c(C2O[C@H](CO)[C@H](O)[C@H](O)[C@H]2O)ccc2c1C(=O)NC2=O. The maximum Gasteiger partial charge on any atom is 0.259 e. The van der Waals surface area contributed by atoms with Gasteiger partial charge in [0.1, 0.15) is 30.5 Å². The Bertz CT molecular complexity index is 687. The van der Waals surface area contributed by atoms with Gasteiger partial charge in [0.05, 0.1) is 17.7 Å². The van der Waals surface area contributed by atoms with E-state index in [-0.39, 0.29) is 11.1 Å². The van der Waals surface area contributed by atoms with Gasteiger partial charge in [-0.25, -0.2) is 0 Å². The zero-order valence-electron chi connectivity index (χ0n) is 13.0. The van der Waals surface area contributed by atoms with Crippen LogP contribution in [0.3, 0.4) is 0 Å². The summed E-state index contributed by atoms with van der Waals surface area (Å²) < 4.78 is 5.55. The summed E-state index contributed by atoms with van der Waals surface area (Å²) >= 11 is 0. The number of fused-ring (bicyclic) bond motifs is 1. The fourth-order valence-corrected chi connectivity index (χ4v) is 3.35. The second kappa shape index (κ2) is 6.23. The molecule has 3 rings (SSSR count). The molecule has 24 heavy (non-hydrogen) atoms. The summed E-state index contributed by atoms with van der Waals surface area (Å²) in [6.07, 6.45) is -6.08. The van der Waals surface area contributed by atoms with E-state index in [4.69, 9.17) is 4.74 Å². The molecule has 2 amide bonds. The Balaban J connectivity index is 2.08. The maximum atomic E-state index is 12.0. The number of aliphatic hydroxyl groups excluding tert-OH is 4. The van der Waals surface area contributed by atoms with E-state index in [1.807, 2.05) is 0 Å². The van der Waals surface area contributed by atoms with Crippen molar-refractivity contribution in [2.45, 2.75) is 43.9 Å². The smallest absolute Gasteiger partial charge is 0.259 e. The predicted molar refractivity (Wildman–Crippen MR) is 80.3 cm³/mol. The summed E-state index contributed by atoms with van der Waals surface area (Å²) in [5.74, 6) is -0.997. The first-order valence-electron chi connectivity index (χ1n) is 7.72. The summed E-state index contributed by atoms with van der Waals surface area (Å²) in [7, 11) is 0. The molecule has 8 nitrogen and oxygen atoms in total. The molecule has 8 heteroatoms. The lowest BCUT2D eigenvalue weighted by atomic mass is 9.86. The molecule has 2 heterocycles. The molecule has 0 saturated carbocycles. The van der Waals surface area contributed by atoms with Gasteiger partial charge in [0.2, 0.25) is 0 Å². The first kappa shape index (κ1) is 17.0. The van der Waals surface area contributed by atoms with Crippen molar-refractivity contribution in [3.8, 4) is 0 Å². The molecule has 2 aliphatic heterocycles. The van der Waals surface area contributed by atoms with Gasteiger partial charge < -0.3 is 25.2 Å². The van der Waals surface area contributed by atoms with Crippen LogP contribution in [0.25, 0.3) is 0 Å². The minimum atomic E-state index is -1.51. The number of ether oxygens (including phenoxy) is 1.